The van der Waals surface area contributed by atoms with Crippen LogP contribution >= 0.6 is 28.1 Å². The van der Waals surface area contributed by atoms with E-state index in [0.717, 1.165) is 49.0 Å². The van der Waals surface area contributed by atoms with E-state index in [-0.39, 0.29) is 12.5 Å². The summed E-state index contributed by atoms with van der Waals surface area (Å²) in [5.41, 5.74) is 1.55. The van der Waals surface area contributed by atoms with E-state index in [1.807, 2.05) is 31.2 Å². The highest BCUT2D eigenvalue weighted by Crippen LogP contribution is 2.37. The molecule has 0 spiro atoms. The number of rotatable bonds is 9. The Balaban J connectivity index is 1.62. The molecule has 0 unspecified atom stereocenters. The Hall–Kier alpha value is -2.36. The Morgan fingerprint density at radius 1 is 1.09 bits per heavy atom. The maximum atomic E-state index is 12.4. The zero-order valence-corrected chi connectivity index (χ0v) is 21.6. The third-order valence-corrected chi connectivity index (χ3v) is 6.46. The molecule has 1 heterocycles. The number of anilines is 1. The third kappa shape index (κ3) is 6.82. The molecule has 1 saturated heterocycles. The summed E-state index contributed by atoms with van der Waals surface area (Å²) in [6.45, 7) is 9.38. The number of carbonyl (C=O) groups excluding carboxylic acids is 1. The Morgan fingerprint density at radius 2 is 1.79 bits per heavy atom. The van der Waals surface area contributed by atoms with Crippen molar-refractivity contribution in [3.63, 3.8) is 0 Å². The van der Waals surface area contributed by atoms with Crippen LogP contribution in [0.5, 0.6) is 17.2 Å². The lowest BCUT2D eigenvalue weighted by Crippen LogP contribution is -2.48. The molecule has 1 aliphatic rings. The number of benzene rings is 2. The van der Waals surface area contributed by atoms with Gasteiger partial charge in [-0.25, -0.2) is 0 Å². The van der Waals surface area contributed by atoms with Crippen molar-refractivity contribution in [1.82, 2.24) is 9.80 Å². The van der Waals surface area contributed by atoms with Crippen LogP contribution in [0.1, 0.15) is 19.4 Å². The summed E-state index contributed by atoms with van der Waals surface area (Å²) in [5.74, 6) is 1.46. The summed E-state index contributed by atoms with van der Waals surface area (Å²) in [6.07, 6.45) is 0. The molecule has 0 aromatic heterocycles. The van der Waals surface area contributed by atoms with Crippen molar-refractivity contribution < 1.29 is 19.0 Å². The Bertz CT molecular complexity index is 963. The second-order valence-electron chi connectivity index (χ2n) is 7.51. The van der Waals surface area contributed by atoms with Gasteiger partial charge in [0.1, 0.15) is 10.7 Å². The SMILES string of the molecule is CCOc1ccc(NC(=O)COc2c(Br)cc(C(=S)N3CCN(CC)CC3)cc2OC)cc1. The maximum absolute atomic E-state index is 12.4. The molecule has 2 aromatic carbocycles. The van der Waals surface area contributed by atoms with Crippen molar-refractivity contribution in [2.45, 2.75) is 13.8 Å². The number of ether oxygens (including phenoxy) is 3. The molecule has 1 amide bonds. The Kier molecular flexibility index (Phi) is 9.34. The molecule has 0 bridgehead atoms. The Morgan fingerprint density at radius 3 is 2.39 bits per heavy atom. The van der Waals surface area contributed by atoms with Crippen molar-refractivity contribution in [2.75, 3.05) is 58.4 Å². The van der Waals surface area contributed by atoms with Crippen LogP contribution in [0.3, 0.4) is 0 Å². The second-order valence-corrected chi connectivity index (χ2v) is 8.75. The van der Waals surface area contributed by atoms with Crippen molar-refractivity contribution in [2.24, 2.45) is 0 Å². The van der Waals surface area contributed by atoms with Gasteiger partial charge in [0.2, 0.25) is 0 Å². The molecule has 0 saturated carbocycles. The van der Waals surface area contributed by atoms with Gasteiger partial charge in [-0.05, 0) is 65.8 Å². The fraction of sp³-hybridized carbons (Fsp3) is 0.417. The molecule has 1 N–H and O–H groups in total. The summed E-state index contributed by atoms with van der Waals surface area (Å²) >= 11 is 9.30. The zero-order valence-electron chi connectivity index (χ0n) is 19.2. The van der Waals surface area contributed by atoms with Crippen molar-refractivity contribution in [3.05, 3.63) is 46.4 Å². The van der Waals surface area contributed by atoms with Crippen molar-refractivity contribution in [1.29, 1.82) is 0 Å². The van der Waals surface area contributed by atoms with Gasteiger partial charge in [0.05, 0.1) is 18.2 Å². The number of nitrogens with one attached hydrogen (secondary N) is 1. The first-order chi connectivity index (χ1) is 15.9. The minimum atomic E-state index is -0.276. The number of hydrogen-bond acceptors (Lipinski definition) is 6. The number of likely N-dealkylation sites (N-methyl/N-ethyl adjacent to an activating group) is 1. The average Bonchev–Trinajstić information content (AvgIpc) is 2.83. The molecule has 1 aliphatic heterocycles. The van der Waals surface area contributed by atoms with E-state index in [1.54, 1.807) is 19.2 Å². The smallest absolute Gasteiger partial charge is 0.262 e. The van der Waals surface area contributed by atoms with E-state index in [9.17, 15) is 4.79 Å². The van der Waals surface area contributed by atoms with E-state index in [2.05, 4.69) is 38.0 Å². The third-order valence-electron chi connectivity index (χ3n) is 5.38. The van der Waals surface area contributed by atoms with Gasteiger partial charge in [-0.2, -0.15) is 0 Å². The summed E-state index contributed by atoms with van der Waals surface area (Å²) in [5, 5.41) is 2.81. The number of amides is 1. The highest BCUT2D eigenvalue weighted by atomic mass is 79.9. The normalized spacial score (nSPS) is 14.0. The topological polar surface area (TPSA) is 63.3 Å². The van der Waals surface area contributed by atoms with Gasteiger partial charge in [-0.3, -0.25) is 4.79 Å². The monoisotopic (exact) mass is 535 g/mol. The van der Waals surface area contributed by atoms with E-state index in [0.29, 0.717) is 28.3 Å². The molecule has 0 atom stereocenters. The van der Waals surface area contributed by atoms with Crippen LogP contribution in [-0.4, -0.2) is 73.7 Å². The first-order valence-corrected chi connectivity index (χ1v) is 12.2. The Labute approximate surface area is 209 Å². The van der Waals surface area contributed by atoms with Gasteiger partial charge < -0.3 is 29.3 Å². The summed E-state index contributed by atoms with van der Waals surface area (Å²) in [7, 11) is 1.57. The number of hydrogen-bond donors (Lipinski definition) is 1. The highest BCUT2D eigenvalue weighted by molar-refractivity contribution is 9.10. The van der Waals surface area contributed by atoms with Crippen molar-refractivity contribution in [3.8, 4) is 17.2 Å². The van der Waals surface area contributed by atoms with Gasteiger partial charge in [-0.15, -0.1) is 0 Å². The minimum Gasteiger partial charge on any atom is -0.494 e. The predicted molar refractivity (Wildman–Crippen MR) is 138 cm³/mol. The molecule has 2 aromatic rings. The molecule has 33 heavy (non-hydrogen) atoms. The van der Waals surface area contributed by atoms with Crippen molar-refractivity contribution >= 4 is 44.7 Å². The number of piperazine rings is 1. The average molecular weight is 536 g/mol. The van der Waals surface area contributed by atoms with Crippen LogP contribution in [0.25, 0.3) is 0 Å². The number of methoxy groups -OCH3 is 1. The molecule has 7 nitrogen and oxygen atoms in total. The largest absolute Gasteiger partial charge is 0.494 e. The van der Waals surface area contributed by atoms with Crippen LogP contribution in [0.2, 0.25) is 0 Å². The second kappa shape index (κ2) is 12.2. The molecule has 0 aliphatic carbocycles. The van der Waals surface area contributed by atoms with E-state index >= 15 is 0 Å². The molecule has 0 radical (unpaired) electrons. The number of thiocarbonyl (C=S) groups is 1. The summed E-state index contributed by atoms with van der Waals surface area (Å²) in [6, 6.07) is 11.0. The molecule has 9 heteroatoms. The van der Waals surface area contributed by atoms with Gasteiger partial charge in [0.25, 0.3) is 5.91 Å². The van der Waals surface area contributed by atoms with Crippen LogP contribution in [0.15, 0.2) is 40.9 Å². The minimum absolute atomic E-state index is 0.162. The molecule has 1 fully saturated rings. The highest BCUT2D eigenvalue weighted by Gasteiger charge is 2.21. The molecule has 178 valence electrons. The van der Waals surface area contributed by atoms with Gasteiger partial charge in [0, 0.05) is 37.4 Å². The van der Waals surface area contributed by atoms with E-state index in [1.165, 1.54) is 0 Å². The fourth-order valence-corrected chi connectivity index (χ4v) is 4.43. The first-order valence-electron chi connectivity index (χ1n) is 11.0. The summed E-state index contributed by atoms with van der Waals surface area (Å²) < 4.78 is 17.4. The summed E-state index contributed by atoms with van der Waals surface area (Å²) in [4.78, 5) is 17.8. The number of carbonyl (C=O) groups is 1. The molecule has 3 rings (SSSR count). The van der Waals surface area contributed by atoms with Gasteiger partial charge in [-0.1, -0.05) is 19.1 Å². The fourth-order valence-electron chi connectivity index (χ4n) is 3.57. The zero-order chi connectivity index (χ0) is 23.8. The van der Waals surface area contributed by atoms with Gasteiger partial charge >= 0.3 is 0 Å². The van der Waals surface area contributed by atoms with Crippen LogP contribution in [0, 0.1) is 0 Å². The quantitative estimate of drug-likeness (QED) is 0.483. The van der Waals surface area contributed by atoms with E-state index < -0.39 is 0 Å². The first kappa shape index (κ1) is 25.3. The number of halogens is 1. The maximum Gasteiger partial charge on any atom is 0.262 e. The lowest BCUT2D eigenvalue weighted by Gasteiger charge is -2.35. The predicted octanol–water partition coefficient (Wildman–Crippen LogP) is 4.19. The number of nitrogens with zero attached hydrogens (tertiary/aromatic N) is 2. The lowest BCUT2D eigenvalue weighted by molar-refractivity contribution is -0.118. The standard InChI is InChI=1S/C24H30BrN3O4S/c1-4-27-10-12-28(13-11-27)24(33)17-14-20(25)23(21(15-17)30-3)32-16-22(29)26-18-6-8-19(9-7-18)31-5-2/h6-9,14-15H,4-5,10-13,16H2,1-3H3,(H,26,29). The van der Waals surface area contributed by atoms with Gasteiger partial charge in [0.15, 0.2) is 18.1 Å². The van der Waals surface area contributed by atoms with E-state index in [4.69, 9.17) is 26.4 Å². The molecular formula is C24H30BrN3O4S. The van der Waals surface area contributed by atoms with Crippen LogP contribution in [0.4, 0.5) is 5.69 Å². The van der Waals surface area contributed by atoms with Crippen LogP contribution < -0.4 is 19.5 Å². The van der Waals surface area contributed by atoms with Crippen LogP contribution in [-0.2, 0) is 4.79 Å². The molecular weight excluding hydrogens is 506 g/mol. The lowest BCUT2D eigenvalue weighted by atomic mass is 10.1.